The Bertz CT molecular complexity index is 674. The van der Waals surface area contributed by atoms with E-state index in [2.05, 4.69) is 10.2 Å². The molecule has 1 amide bonds. The van der Waals surface area contributed by atoms with Gasteiger partial charge in [0, 0.05) is 37.2 Å². The zero-order chi connectivity index (χ0) is 20.7. The molecule has 0 spiro atoms. The van der Waals surface area contributed by atoms with E-state index in [-0.39, 0.29) is 23.9 Å². The molecule has 0 unspecified atom stereocenters. The maximum absolute atomic E-state index is 12.6. The molecule has 1 aliphatic heterocycles. The van der Waals surface area contributed by atoms with E-state index in [9.17, 15) is 14.4 Å². The zero-order valence-corrected chi connectivity index (χ0v) is 17.4. The average Bonchev–Trinajstić information content (AvgIpc) is 2.67. The number of ether oxygens (including phenoxy) is 1. The molecule has 1 aliphatic rings. The smallest absolute Gasteiger partial charge is 0.328 e. The van der Waals surface area contributed by atoms with Gasteiger partial charge in [-0.1, -0.05) is 20.8 Å². The van der Waals surface area contributed by atoms with E-state index >= 15 is 0 Å². The highest BCUT2D eigenvalue weighted by Gasteiger charge is 2.25. The van der Waals surface area contributed by atoms with Gasteiger partial charge in [0.25, 0.3) is 5.91 Å². The van der Waals surface area contributed by atoms with Crippen molar-refractivity contribution in [3.8, 4) is 0 Å². The Hall–Kier alpha value is -2.37. The van der Waals surface area contributed by atoms with Gasteiger partial charge in [0.15, 0.2) is 0 Å². The number of rotatable bonds is 8. The van der Waals surface area contributed by atoms with Gasteiger partial charge >= 0.3 is 5.97 Å². The summed E-state index contributed by atoms with van der Waals surface area (Å²) in [6.45, 7) is 9.24. The van der Waals surface area contributed by atoms with Crippen molar-refractivity contribution >= 4 is 23.3 Å². The maximum atomic E-state index is 12.6. The van der Waals surface area contributed by atoms with E-state index in [0.29, 0.717) is 43.7 Å². The molecule has 1 heterocycles. The normalized spacial score (nSPS) is 16.6. The van der Waals surface area contributed by atoms with Gasteiger partial charge in [0.1, 0.15) is 11.8 Å². The summed E-state index contributed by atoms with van der Waals surface area (Å²) < 4.78 is 5.42. The Morgan fingerprint density at radius 2 is 1.71 bits per heavy atom. The Morgan fingerprint density at radius 3 is 2.25 bits per heavy atom. The van der Waals surface area contributed by atoms with Crippen molar-refractivity contribution in [2.45, 2.75) is 65.5 Å². The fourth-order valence-corrected chi connectivity index (χ4v) is 3.13. The van der Waals surface area contributed by atoms with Crippen LogP contribution in [-0.4, -0.2) is 42.9 Å². The number of nitrogens with one attached hydrogen (secondary N) is 1. The third kappa shape index (κ3) is 6.36. The molecule has 1 aromatic carbocycles. The Labute approximate surface area is 167 Å². The van der Waals surface area contributed by atoms with E-state index in [0.717, 1.165) is 12.1 Å². The Morgan fingerprint density at radius 1 is 1.11 bits per heavy atom. The number of carbonyl (C=O) groups excluding carboxylic acids is 3. The molecule has 2 atom stereocenters. The number of ketones is 1. The first kappa shape index (κ1) is 21.9. The lowest BCUT2D eigenvalue weighted by Gasteiger charge is -2.28. The number of benzene rings is 1. The lowest BCUT2D eigenvalue weighted by atomic mass is 10.0. The quantitative estimate of drug-likeness (QED) is 0.691. The number of nitrogens with zero attached hydrogens (tertiary/aromatic N) is 1. The number of hydrogen-bond acceptors (Lipinski definition) is 5. The highest BCUT2D eigenvalue weighted by molar-refractivity contribution is 5.97. The Kier molecular flexibility index (Phi) is 8.03. The first-order chi connectivity index (χ1) is 13.3. The molecule has 1 fully saturated rings. The van der Waals surface area contributed by atoms with Crippen LogP contribution in [0.1, 0.15) is 63.7 Å². The van der Waals surface area contributed by atoms with Crippen molar-refractivity contribution in [2.75, 3.05) is 18.0 Å². The third-order valence-electron chi connectivity index (χ3n) is 5.00. The van der Waals surface area contributed by atoms with Crippen molar-refractivity contribution in [1.29, 1.82) is 0 Å². The minimum Gasteiger partial charge on any atom is -0.461 e. The predicted molar refractivity (Wildman–Crippen MR) is 109 cm³/mol. The lowest BCUT2D eigenvalue weighted by molar-refractivity contribution is -0.151. The number of anilines is 1. The molecule has 0 radical (unpaired) electrons. The van der Waals surface area contributed by atoms with Crippen molar-refractivity contribution in [1.82, 2.24) is 5.32 Å². The summed E-state index contributed by atoms with van der Waals surface area (Å²) in [4.78, 5) is 38.6. The molecular weight excluding hydrogens is 356 g/mol. The van der Waals surface area contributed by atoms with Crippen LogP contribution in [0.25, 0.3) is 0 Å². The Balaban J connectivity index is 2.01. The van der Waals surface area contributed by atoms with Crippen LogP contribution in [0.5, 0.6) is 0 Å². The molecule has 0 aromatic heterocycles. The summed E-state index contributed by atoms with van der Waals surface area (Å²) in [6, 6.07) is 6.63. The van der Waals surface area contributed by atoms with Crippen LogP contribution in [0.15, 0.2) is 24.3 Å². The molecule has 0 aliphatic carbocycles. The minimum atomic E-state index is -0.658. The number of esters is 1. The van der Waals surface area contributed by atoms with Crippen LogP contribution in [0, 0.1) is 5.92 Å². The fraction of sp³-hybridized carbons (Fsp3) is 0.591. The molecule has 6 nitrogen and oxygen atoms in total. The van der Waals surface area contributed by atoms with Crippen LogP contribution in [0.3, 0.4) is 0 Å². The molecule has 0 bridgehead atoms. The summed E-state index contributed by atoms with van der Waals surface area (Å²) in [7, 11) is 0. The van der Waals surface area contributed by atoms with Crippen LogP contribution in [-0.2, 0) is 14.3 Å². The fourth-order valence-electron chi connectivity index (χ4n) is 3.13. The van der Waals surface area contributed by atoms with E-state index in [1.165, 1.54) is 0 Å². The molecule has 1 aromatic rings. The molecule has 6 heteroatoms. The van der Waals surface area contributed by atoms with Gasteiger partial charge in [-0.25, -0.2) is 4.79 Å². The summed E-state index contributed by atoms with van der Waals surface area (Å²) in [6.07, 6.45) is 2.22. The van der Waals surface area contributed by atoms with Gasteiger partial charge in [-0.3, -0.25) is 9.59 Å². The largest absolute Gasteiger partial charge is 0.461 e. The molecule has 154 valence electrons. The number of piperidine rings is 1. The molecular formula is C22H32N2O4. The van der Waals surface area contributed by atoms with Crippen LogP contribution in [0.2, 0.25) is 0 Å². The number of hydrogen-bond donors (Lipinski definition) is 1. The number of Topliss-reactive ketones (excluding diaryl/α,β-unsaturated/α-hetero) is 1. The molecule has 2 rings (SSSR count). The number of amides is 1. The second-order valence-corrected chi connectivity index (χ2v) is 7.88. The minimum absolute atomic E-state index is 0.172. The molecule has 0 saturated carbocycles. The first-order valence-corrected chi connectivity index (χ1v) is 10.2. The van der Waals surface area contributed by atoms with Crippen molar-refractivity contribution in [3.05, 3.63) is 29.8 Å². The topological polar surface area (TPSA) is 75.7 Å². The highest BCUT2D eigenvalue weighted by Crippen LogP contribution is 2.19. The van der Waals surface area contributed by atoms with E-state index in [1.54, 1.807) is 12.1 Å². The summed E-state index contributed by atoms with van der Waals surface area (Å²) in [5, 5.41) is 2.83. The van der Waals surface area contributed by atoms with E-state index < -0.39 is 6.04 Å². The van der Waals surface area contributed by atoms with Gasteiger partial charge in [-0.15, -0.1) is 0 Å². The third-order valence-corrected chi connectivity index (χ3v) is 5.00. The van der Waals surface area contributed by atoms with Gasteiger partial charge in [0.2, 0.25) is 0 Å². The van der Waals surface area contributed by atoms with E-state index in [1.807, 2.05) is 39.8 Å². The van der Waals surface area contributed by atoms with Gasteiger partial charge in [-0.05, 0) is 49.9 Å². The van der Waals surface area contributed by atoms with Gasteiger partial charge in [-0.2, -0.15) is 0 Å². The zero-order valence-electron chi connectivity index (χ0n) is 17.4. The molecule has 1 saturated heterocycles. The second kappa shape index (κ2) is 10.2. The maximum Gasteiger partial charge on any atom is 0.328 e. The summed E-state index contributed by atoms with van der Waals surface area (Å²) in [5.74, 6) is -0.121. The van der Waals surface area contributed by atoms with Crippen LogP contribution in [0.4, 0.5) is 5.69 Å². The SMILES string of the molecule is CC[C@H](C)OC(=O)[C@H](CC(C)C)NC(=O)c1ccc(N2CCC(=O)CC2)cc1. The average molecular weight is 389 g/mol. The standard InChI is InChI=1S/C22H32N2O4/c1-5-16(4)28-22(27)20(14-15(2)3)23-21(26)17-6-8-18(9-7-17)24-12-10-19(25)11-13-24/h6-9,15-16,20H,5,10-14H2,1-4H3,(H,23,26)/t16-,20-/m0/s1. The summed E-state index contributed by atoms with van der Waals surface area (Å²) >= 11 is 0. The number of carbonyl (C=O) groups is 3. The van der Waals surface area contributed by atoms with Crippen LogP contribution < -0.4 is 10.2 Å². The lowest BCUT2D eigenvalue weighted by Crippen LogP contribution is -2.43. The van der Waals surface area contributed by atoms with Gasteiger partial charge in [0.05, 0.1) is 6.10 Å². The first-order valence-electron chi connectivity index (χ1n) is 10.2. The molecule has 28 heavy (non-hydrogen) atoms. The van der Waals surface area contributed by atoms with Crippen molar-refractivity contribution in [2.24, 2.45) is 5.92 Å². The van der Waals surface area contributed by atoms with Crippen LogP contribution >= 0.6 is 0 Å². The molecule has 1 N–H and O–H groups in total. The summed E-state index contributed by atoms with van der Waals surface area (Å²) in [5.41, 5.74) is 1.50. The van der Waals surface area contributed by atoms with Crippen molar-refractivity contribution < 1.29 is 19.1 Å². The highest BCUT2D eigenvalue weighted by atomic mass is 16.5. The van der Waals surface area contributed by atoms with Crippen molar-refractivity contribution in [3.63, 3.8) is 0 Å². The predicted octanol–water partition coefficient (Wildman–Crippen LogP) is 3.34. The monoisotopic (exact) mass is 388 g/mol. The van der Waals surface area contributed by atoms with E-state index in [4.69, 9.17) is 4.74 Å². The second-order valence-electron chi connectivity index (χ2n) is 7.88. The van der Waals surface area contributed by atoms with Gasteiger partial charge < -0.3 is 15.0 Å².